The maximum absolute atomic E-state index is 13.4. The molecule has 0 aromatic heterocycles. The van der Waals surface area contributed by atoms with Gasteiger partial charge < -0.3 is 25.2 Å². The van der Waals surface area contributed by atoms with E-state index in [2.05, 4.69) is 26.1 Å². The number of benzene rings is 1. The van der Waals surface area contributed by atoms with Crippen LogP contribution in [0.25, 0.3) is 0 Å². The number of hydrogen-bond donors (Lipinski definition) is 3. The zero-order valence-electron chi connectivity index (χ0n) is 21.4. The Bertz CT molecular complexity index is 884. The lowest BCUT2D eigenvalue weighted by molar-refractivity contribution is -0.137. The van der Waals surface area contributed by atoms with Gasteiger partial charge in [-0.3, -0.25) is 9.59 Å². The summed E-state index contributed by atoms with van der Waals surface area (Å²) in [5.74, 6) is 0.325. The van der Waals surface area contributed by atoms with Gasteiger partial charge in [0.05, 0.1) is 18.6 Å². The molecule has 1 aromatic rings. The van der Waals surface area contributed by atoms with E-state index >= 15 is 0 Å². The molecule has 3 N–H and O–H groups in total. The van der Waals surface area contributed by atoms with Crippen molar-refractivity contribution < 1.29 is 24.5 Å². The molecule has 0 bridgehead atoms. The molecule has 1 heterocycles. The summed E-state index contributed by atoms with van der Waals surface area (Å²) in [5.41, 5.74) is 1.34. The van der Waals surface area contributed by atoms with E-state index in [1.165, 1.54) is 6.42 Å². The van der Waals surface area contributed by atoms with Crippen molar-refractivity contribution in [1.82, 2.24) is 10.2 Å². The highest BCUT2D eigenvalue weighted by Crippen LogP contribution is 2.47. The highest BCUT2D eigenvalue weighted by Gasteiger charge is 2.50. The number of fused-ring (bicyclic) bond motifs is 3. The van der Waals surface area contributed by atoms with Gasteiger partial charge in [0.2, 0.25) is 11.8 Å². The Kier molecular flexibility index (Phi) is 10.2. The van der Waals surface area contributed by atoms with Crippen molar-refractivity contribution in [2.24, 2.45) is 5.92 Å². The zero-order chi connectivity index (χ0) is 25.4. The van der Waals surface area contributed by atoms with Crippen LogP contribution in [-0.2, 0) is 9.59 Å². The van der Waals surface area contributed by atoms with Gasteiger partial charge in [-0.15, -0.1) is 0 Å². The number of nitrogens with zero attached hydrogens (tertiary/aromatic N) is 1. The molecule has 3 rings (SSSR count). The van der Waals surface area contributed by atoms with Crippen LogP contribution in [0.1, 0.15) is 77.2 Å². The summed E-state index contributed by atoms with van der Waals surface area (Å²) < 4.78 is 6.16. The van der Waals surface area contributed by atoms with Crippen molar-refractivity contribution >= 4 is 11.8 Å². The van der Waals surface area contributed by atoms with Crippen molar-refractivity contribution in [1.29, 1.82) is 0 Å². The standard InChI is InChI=1S/C28H42N2O5/c1-4-5-6-7-8-13-24(32)30(16-14-19(2)3)22-18-21(28(34)29-15-17-31)25-20-11-9-10-12-23(20)35-27(25)26(22)33/h9-12,18-19,22,25-27,31,33H,4-8,13-17H2,1-3H3,(H,29,34). The lowest BCUT2D eigenvalue weighted by atomic mass is 9.77. The molecule has 2 aliphatic rings. The molecule has 1 aliphatic carbocycles. The highest BCUT2D eigenvalue weighted by atomic mass is 16.5. The first-order chi connectivity index (χ1) is 16.9. The Morgan fingerprint density at radius 2 is 1.89 bits per heavy atom. The summed E-state index contributed by atoms with van der Waals surface area (Å²) in [6, 6.07) is 6.87. The quantitative estimate of drug-likeness (QED) is 0.371. The number of carbonyl (C=O) groups is 2. The lowest BCUT2D eigenvalue weighted by Crippen LogP contribution is -2.56. The van der Waals surface area contributed by atoms with Gasteiger partial charge in [0.25, 0.3) is 0 Å². The van der Waals surface area contributed by atoms with Crippen LogP contribution in [0.3, 0.4) is 0 Å². The van der Waals surface area contributed by atoms with E-state index in [9.17, 15) is 19.8 Å². The van der Waals surface area contributed by atoms with Crippen LogP contribution in [-0.4, -0.2) is 64.9 Å². The van der Waals surface area contributed by atoms with Gasteiger partial charge in [-0.25, -0.2) is 0 Å². The summed E-state index contributed by atoms with van der Waals surface area (Å²) in [6.45, 7) is 6.88. The van der Waals surface area contributed by atoms with E-state index in [1.54, 1.807) is 11.0 Å². The van der Waals surface area contributed by atoms with Gasteiger partial charge >= 0.3 is 0 Å². The average Bonchev–Trinajstić information content (AvgIpc) is 3.23. The van der Waals surface area contributed by atoms with Gasteiger partial charge in [-0.2, -0.15) is 0 Å². The zero-order valence-corrected chi connectivity index (χ0v) is 21.4. The SMILES string of the molecule is CCCCCCCC(=O)N(CCC(C)C)C1C=C(C(=O)NCCO)C2c3ccccc3OC2C1O. The van der Waals surface area contributed by atoms with Crippen LogP contribution >= 0.6 is 0 Å². The summed E-state index contributed by atoms with van der Waals surface area (Å²) >= 11 is 0. The van der Waals surface area contributed by atoms with E-state index in [1.807, 2.05) is 24.3 Å². The Morgan fingerprint density at radius 3 is 2.60 bits per heavy atom. The van der Waals surface area contributed by atoms with Crippen molar-refractivity contribution in [3.05, 3.63) is 41.5 Å². The molecule has 0 saturated heterocycles. The minimum atomic E-state index is -0.960. The van der Waals surface area contributed by atoms with Crippen LogP contribution < -0.4 is 10.1 Å². The van der Waals surface area contributed by atoms with Crippen molar-refractivity contribution in [3.63, 3.8) is 0 Å². The molecule has 0 fully saturated rings. The molecular formula is C28H42N2O5. The molecule has 35 heavy (non-hydrogen) atoms. The van der Waals surface area contributed by atoms with Crippen LogP contribution in [0, 0.1) is 5.92 Å². The molecule has 1 aromatic carbocycles. The number of hydrogen-bond acceptors (Lipinski definition) is 5. The van der Waals surface area contributed by atoms with Gasteiger partial charge in [-0.05, 0) is 30.9 Å². The number of rotatable bonds is 13. The third-order valence-corrected chi connectivity index (χ3v) is 7.00. The van der Waals surface area contributed by atoms with Gasteiger partial charge in [0.1, 0.15) is 18.0 Å². The molecule has 4 unspecified atom stereocenters. The summed E-state index contributed by atoms with van der Waals surface area (Å²) in [4.78, 5) is 28.3. The van der Waals surface area contributed by atoms with Crippen LogP contribution in [0.15, 0.2) is 35.9 Å². The lowest BCUT2D eigenvalue weighted by Gasteiger charge is -2.41. The van der Waals surface area contributed by atoms with Crippen molar-refractivity contribution in [2.75, 3.05) is 19.7 Å². The molecule has 0 saturated carbocycles. The number of amides is 2. The van der Waals surface area contributed by atoms with Gasteiger partial charge in [0, 0.05) is 30.6 Å². The van der Waals surface area contributed by atoms with E-state index < -0.39 is 24.2 Å². The van der Waals surface area contributed by atoms with Crippen LogP contribution in [0.2, 0.25) is 0 Å². The highest BCUT2D eigenvalue weighted by molar-refractivity contribution is 5.96. The van der Waals surface area contributed by atoms with Crippen LogP contribution in [0.4, 0.5) is 0 Å². The minimum Gasteiger partial charge on any atom is -0.486 e. The summed E-state index contributed by atoms with van der Waals surface area (Å²) in [5, 5.41) is 23.5. The second-order valence-electron chi connectivity index (χ2n) is 10.1. The predicted octanol–water partition coefficient (Wildman–Crippen LogP) is 3.54. The first-order valence-electron chi connectivity index (χ1n) is 13.2. The van der Waals surface area contributed by atoms with Crippen molar-refractivity contribution in [3.8, 4) is 5.75 Å². The number of ether oxygens (including phenoxy) is 1. The maximum Gasteiger partial charge on any atom is 0.247 e. The Balaban J connectivity index is 1.90. The molecule has 0 spiro atoms. The number of nitrogens with one attached hydrogen (secondary N) is 1. The molecule has 194 valence electrons. The molecule has 4 atom stereocenters. The van der Waals surface area contributed by atoms with E-state index in [-0.39, 0.29) is 25.0 Å². The molecule has 7 nitrogen and oxygen atoms in total. The van der Waals surface area contributed by atoms with Gasteiger partial charge in [-0.1, -0.05) is 64.7 Å². The third-order valence-electron chi connectivity index (χ3n) is 7.00. The second kappa shape index (κ2) is 13.1. The third kappa shape index (κ3) is 6.64. The fraction of sp³-hybridized carbons (Fsp3) is 0.643. The number of carbonyl (C=O) groups excluding carboxylic acids is 2. The maximum atomic E-state index is 13.4. The Labute approximate surface area is 209 Å². The molecule has 7 heteroatoms. The van der Waals surface area contributed by atoms with Crippen LogP contribution in [0.5, 0.6) is 5.75 Å². The first kappa shape index (κ1) is 27.2. The van der Waals surface area contributed by atoms with Gasteiger partial charge in [0.15, 0.2) is 0 Å². The molecule has 1 aliphatic heterocycles. The normalized spacial score (nSPS) is 22.7. The summed E-state index contributed by atoms with van der Waals surface area (Å²) in [7, 11) is 0. The fourth-order valence-corrected chi connectivity index (χ4v) is 5.05. The van der Waals surface area contributed by atoms with E-state index in [0.717, 1.165) is 37.7 Å². The monoisotopic (exact) mass is 486 g/mol. The number of para-hydroxylation sites is 1. The second-order valence-corrected chi connectivity index (χ2v) is 10.1. The first-order valence-corrected chi connectivity index (χ1v) is 13.2. The molecule has 0 radical (unpaired) electrons. The largest absolute Gasteiger partial charge is 0.486 e. The Hall–Kier alpha value is -2.38. The smallest absolute Gasteiger partial charge is 0.247 e. The Morgan fingerprint density at radius 1 is 1.14 bits per heavy atom. The van der Waals surface area contributed by atoms with E-state index in [0.29, 0.717) is 30.2 Å². The molecule has 2 amide bonds. The number of unbranched alkanes of at least 4 members (excludes halogenated alkanes) is 4. The average molecular weight is 487 g/mol. The van der Waals surface area contributed by atoms with E-state index in [4.69, 9.17) is 4.74 Å². The molecular weight excluding hydrogens is 444 g/mol. The number of aliphatic hydroxyl groups excluding tert-OH is 2. The topological polar surface area (TPSA) is 99.1 Å². The number of aliphatic hydroxyl groups is 2. The predicted molar refractivity (Wildman–Crippen MR) is 136 cm³/mol. The van der Waals surface area contributed by atoms with Crippen molar-refractivity contribution in [2.45, 2.75) is 89.9 Å². The minimum absolute atomic E-state index is 0.00604. The fourth-order valence-electron chi connectivity index (χ4n) is 5.05. The summed E-state index contributed by atoms with van der Waals surface area (Å²) in [6.07, 6.45) is 6.66.